The van der Waals surface area contributed by atoms with Gasteiger partial charge in [0.15, 0.2) is 0 Å². The minimum absolute atomic E-state index is 0.543. The van der Waals surface area contributed by atoms with Gasteiger partial charge in [-0.1, -0.05) is 25.3 Å². The van der Waals surface area contributed by atoms with Crippen LogP contribution in [0.1, 0.15) is 49.1 Å². The van der Waals surface area contributed by atoms with Crippen molar-refractivity contribution < 1.29 is 0 Å². The molecule has 1 fully saturated rings. The van der Waals surface area contributed by atoms with Crippen molar-refractivity contribution in [2.24, 2.45) is 11.8 Å². The first kappa shape index (κ1) is 16.9. The largest absolute Gasteiger partial charge is 0.366 e. The van der Waals surface area contributed by atoms with E-state index in [1.807, 2.05) is 25.4 Å². The lowest BCUT2D eigenvalue weighted by Gasteiger charge is -2.21. The van der Waals surface area contributed by atoms with Gasteiger partial charge in [0.25, 0.3) is 0 Å². The first-order valence-corrected chi connectivity index (χ1v) is 8.29. The lowest BCUT2D eigenvalue weighted by Crippen LogP contribution is -2.24. The van der Waals surface area contributed by atoms with Crippen molar-refractivity contribution in [3.8, 4) is 0 Å². The second-order valence-electron chi connectivity index (χ2n) is 6.12. The van der Waals surface area contributed by atoms with Gasteiger partial charge in [-0.25, -0.2) is 0 Å². The molecule has 1 aliphatic rings. The molecule has 0 aliphatic heterocycles. The summed E-state index contributed by atoms with van der Waals surface area (Å²) in [4.78, 5) is 7.71. The first-order valence-electron chi connectivity index (χ1n) is 8.29. The Morgan fingerprint density at radius 1 is 1.18 bits per heavy atom. The Labute approximate surface area is 133 Å². The summed E-state index contributed by atoms with van der Waals surface area (Å²) < 4.78 is 0. The maximum absolute atomic E-state index is 5.37. The van der Waals surface area contributed by atoms with Gasteiger partial charge in [0.2, 0.25) is 0 Å². The third-order valence-corrected chi connectivity index (χ3v) is 4.15. The zero-order valence-corrected chi connectivity index (χ0v) is 13.6. The van der Waals surface area contributed by atoms with E-state index in [1.165, 1.54) is 37.7 Å². The Kier molecular flexibility index (Phi) is 7.36. The van der Waals surface area contributed by atoms with Crippen molar-refractivity contribution in [2.75, 3.05) is 6.54 Å². The molecule has 1 heterocycles. The first-order chi connectivity index (χ1) is 10.8. The Balaban J connectivity index is 1.95. The van der Waals surface area contributed by atoms with Gasteiger partial charge in [-0.3, -0.25) is 16.3 Å². The van der Waals surface area contributed by atoms with E-state index in [4.69, 9.17) is 5.84 Å². The molecule has 5 nitrogen and oxygen atoms in total. The third-order valence-electron chi connectivity index (χ3n) is 4.15. The van der Waals surface area contributed by atoms with Crippen molar-refractivity contribution in [1.82, 2.24) is 20.7 Å². The highest BCUT2D eigenvalue weighted by Gasteiger charge is 2.12. The monoisotopic (exact) mass is 303 g/mol. The van der Waals surface area contributed by atoms with E-state index in [0.29, 0.717) is 6.54 Å². The van der Waals surface area contributed by atoms with Gasteiger partial charge in [-0.05, 0) is 43.9 Å². The molecule has 1 aromatic heterocycles. The van der Waals surface area contributed by atoms with Crippen LogP contribution in [0.2, 0.25) is 0 Å². The minimum atomic E-state index is 0.543. The Morgan fingerprint density at radius 2 is 2.00 bits per heavy atom. The molecular weight excluding hydrogens is 274 g/mol. The molecule has 5 N–H and O–H groups in total. The van der Waals surface area contributed by atoms with Crippen LogP contribution in [0.25, 0.3) is 0 Å². The van der Waals surface area contributed by atoms with Gasteiger partial charge in [-0.2, -0.15) is 0 Å². The summed E-state index contributed by atoms with van der Waals surface area (Å²) in [6.07, 6.45) is 10.9. The van der Waals surface area contributed by atoms with Crippen LogP contribution in [0.5, 0.6) is 0 Å². The molecule has 2 rings (SSSR count). The van der Waals surface area contributed by atoms with E-state index in [0.717, 1.165) is 30.4 Å². The summed E-state index contributed by atoms with van der Waals surface area (Å²) in [7, 11) is 0. The second-order valence-corrected chi connectivity index (χ2v) is 6.12. The number of nitrogens with two attached hydrogens (primary N) is 1. The third kappa shape index (κ3) is 6.13. The predicted molar refractivity (Wildman–Crippen MR) is 90.3 cm³/mol. The van der Waals surface area contributed by atoms with Gasteiger partial charge in [0.1, 0.15) is 0 Å². The Morgan fingerprint density at radius 3 is 2.77 bits per heavy atom. The molecule has 0 bridgehead atoms. The van der Waals surface area contributed by atoms with Gasteiger partial charge >= 0.3 is 0 Å². The molecule has 0 atom stereocenters. The minimum Gasteiger partial charge on any atom is -0.366 e. The number of hydrogen-bond donors (Lipinski definition) is 4. The van der Waals surface area contributed by atoms with Crippen molar-refractivity contribution in [2.45, 2.75) is 52.1 Å². The number of aromatic amines is 1. The standard InChI is InChI=1S/C17H29N5/c1-14-7-8-16(11-20-12-17(22-14)13-21-18)10-19-9-15-5-3-2-4-6-15/h7-8,11-12,15,19-21H,2-6,9-10,13,18H2,1H3. The maximum atomic E-state index is 5.37. The summed E-state index contributed by atoms with van der Waals surface area (Å²) in [6, 6.07) is 4.16. The van der Waals surface area contributed by atoms with Crippen LogP contribution in [0.15, 0.2) is 24.5 Å². The molecule has 1 aliphatic carbocycles. The van der Waals surface area contributed by atoms with Crippen LogP contribution in [0.3, 0.4) is 0 Å². The zero-order chi connectivity index (χ0) is 15.6. The van der Waals surface area contributed by atoms with E-state index in [-0.39, 0.29) is 0 Å². The molecule has 0 radical (unpaired) electrons. The van der Waals surface area contributed by atoms with E-state index in [9.17, 15) is 0 Å². The summed E-state index contributed by atoms with van der Waals surface area (Å²) >= 11 is 0. The number of rotatable bonds is 6. The number of hydrogen-bond acceptors (Lipinski definition) is 4. The molecule has 122 valence electrons. The molecule has 0 spiro atoms. The van der Waals surface area contributed by atoms with Crippen LogP contribution in [0, 0.1) is 12.8 Å². The van der Waals surface area contributed by atoms with Gasteiger partial charge < -0.3 is 10.3 Å². The molecule has 5 heteroatoms. The molecule has 1 saturated carbocycles. The molecule has 0 unspecified atom stereocenters. The number of H-pyrrole nitrogens is 1. The number of hydrazine groups is 1. The smallest absolute Gasteiger partial charge is 0.0718 e. The Hall–Kier alpha value is -1.43. The highest BCUT2D eigenvalue weighted by atomic mass is 15.2. The number of nitrogens with zero attached hydrogens (tertiary/aromatic N) is 1. The quantitative estimate of drug-likeness (QED) is 0.481. The molecule has 0 amide bonds. The van der Waals surface area contributed by atoms with Gasteiger partial charge in [0.05, 0.1) is 12.2 Å². The fourth-order valence-electron chi connectivity index (χ4n) is 2.93. The van der Waals surface area contributed by atoms with Crippen molar-refractivity contribution in [3.63, 3.8) is 0 Å². The van der Waals surface area contributed by atoms with Crippen LogP contribution < -0.4 is 16.6 Å². The average Bonchev–Trinajstić information content (AvgIpc) is 2.60. The average molecular weight is 303 g/mol. The molecule has 0 saturated heterocycles. The van der Waals surface area contributed by atoms with Crippen molar-refractivity contribution >= 4 is 0 Å². The topological polar surface area (TPSA) is 78.8 Å². The van der Waals surface area contributed by atoms with Crippen molar-refractivity contribution in [3.05, 3.63) is 41.5 Å². The summed E-state index contributed by atoms with van der Waals surface area (Å²) in [5.41, 5.74) is 5.72. The molecular formula is C17H29N5. The normalized spacial score (nSPS) is 15.5. The summed E-state index contributed by atoms with van der Waals surface area (Å²) in [5, 5.41) is 3.59. The molecule has 22 heavy (non-hydrogen) atoms. The van der Waals surface area contributed by atoms with E-state index >= 15 is 0 Å². The maximum Gasteiger partial charge on any atom is 0.0718 e. The highest BCUT2D eigenvalue weighted by molar-refractivity contribution is 5.11. The van der Waals surface area contributed by atoms with Gasteiger partial charge in [0, 0.05) is 24.6 Å². The highest BCUT2D eigenvalue weighted by Crippen LogP contribution is 2.22. The summed E-state index contributed by atoms with van der Waals surface area (Å²) in [6.45, 7) is 4.54. The molecule has 1 aromatic rings. The Bertz CT molecular complexity index is 490. The van der Waals surface area contributed by atoms with Crippen LogP contribution in [-0.4, -0.2) is 16.5 Å². The number of aryl methyl sites for hydroxylation is 1. The fourth-order valence-corrected chi connectivity index (χ4v) is 2.93. The predicted octanol–water partition coefficient (Wildman–Crippen LogP) is 2.48. The SMILES string of the molecule is Cc1ccc(CNCC2CCCCC2)c[nH]cc(CNN)n1. The van der Waals surface area contributed by atoms with E-state index in [2.05, 4.69) is 26.8 Å². The van der Waals surface area contributed by atoms with Crippen molar-refractivity contribution in [1.29, 1.82) is 0 Å². The zero-order valence-electron chi connectivity index (χ0n) is 13.6. The second kappa shape index (κ2) is 9.56. The lowest BCUT2D eigenvalue weighted by atomic mass is 9.89. The molecule has 0 aromatic carbocycles. The van der Waals surface area contributed by atoms with Gasteiger partial charge in [-0.15, -0.1) is 0 Å². The van der Waals surface area contributed by atoms with Crippen LogP contribution in [-0.2, 0) is 13.1 Å². The van der Waals surface area contributed by atoms with Crippen LogP contribution in [0.4, 0.5) is 0 Å². The lowest BCUT2D eigenvalue weighted by molar-refractivity contribution is 0.342. The number of aromatic nitrogens is 2. The summed E-state index contributed by atoms with van der Waals surface area (Å²) in [5.74, 6) is 6.22. The van der Waals surface area contributed by atoms with Crippen LogP contribution >= 0.6 is 0 Å². The number of nitrogens with one attached hydrogen (secondary N) is 3. The fraction of sp³-hybridized carbons (Fsp3) is 0.588. The van der Waals surface area contributed by atoms with E-state index < -0.39 is 0 Å². The van der Waals surface area contributed by atoms with E-state index in [1.54, 1.807) is 0 Å².